The monoisotopic (exact) mass is 324 g/mol. The molecule has 5 nitrogen and oxygen atoms in total. The zero-order valence-electron chi connectivity index (χ0n) is 12.7. The highest BCUT2D eigenvalue weighted by Gasteiger charge is 2.14. The highest BCUT2D eigenvalue weighted by molar-refractivity contribution is 5.93. The van der Waals surface area contributed by atoms with Crippen LogP contribution in [-0.2, 0) is 6.54 Å². The molecule has 0 aliphatic heterocycles. The summed E-state index contributed by atoms with van der Waals surface area (Å²) in [6.45, 7) is 3.23. The number of likely N-dealkylation sites (N-methyl/N-ethyl adjacent to an activating group) is 1. The van der Waals surface area contributed by atoms with Crippen molar-refractivity contribution in [3.63, 3.8) is 0 Å². The van der Waals surface area contributed by atoms with Crippen molar-refractivity contribution in [3.05, 3.63) is 53.5 Å². The first-order chi connectivity index (χ1) is 10.1. The van der Waals surface area contributed by atoms with Gasteiger partial charge in [-0.25, -0.2) is 0 Å². The normalized spacial score (nSPS) is 9.95. The van der Waals surface area contributed by atoms with Crippen molar-refractivity contribution in [2.75, 3.05) is 20.2 Å². The predicted octanol–water partition coefficient (Wildman–Crippen LogP) is 2.62. The van der Waals surface area contributed by atoms with Crippen LogP contribution in [0.3, 0.4) is 0 Å². The minimum absolute atomic E-state index is 0. The van der Waals surface area contributed by atoms with Crippen molar-refractivity contribution >= 4 is 18.3 Å². The third kappa shape index (κ3) is 4.79. The van der Waals surface area contributed by atoms with Gasteiger partial charge in [0.1, 0.15) is 24.4 Å². The molecule has 1 amide bonds. The summed E-state index contributed by atoms with van der Waals surface area (Å²) in [7, 11) is 1.73. The van der Waals surface area contributed by atoms with E-state index in [1.165, 1.54) is 6.26 Å². The Morgan fingerprint density at radius 2 is 2.14 bits per heavy atom. The summed E-state index contributed by atoms with van der Waals surface area (Å²) in [4.78, 5) is 13.7. The number of furan rings is 1. The largest absolute Gasteiger partial charge is 0.492 e. The van der Waals surface area contributed by atoms with E-state index in [4.69, 9.17) is 14.9 Å². The van der Waals surface area contributed by atoms with Gasteiger partial charge in [-0.2, -0.15) is 0 Å². The Bertz CT molecular complexity index is 613. The average molecular weight is 325 g/mol. The van der Waals surface area contributed by atoms with Gasteiger partial charge in [-0.1, -0.05) is 12.1 Å². The van der Waals surface area contributed by atoms with E-state index in [1.54, 1.807) is 18.0 Å². The molecule has 0 atom stereocenters. The van der Waals surface area contributed by atoms with Gasteiger partial charge in [0.15, 0.2) is 0 Å². The van der Waals surface area contributed by atoms with Crippen molar-refractivity contribution in [1.82, 2.24) is 4.90 Å². The fraction of sp³-hybridized carbons (Fsp3) is 0.312. The Labute approximate surface area is 136 Å². The van der Waals surface area contributed by atoms with Gasteiger partial charge < -0.3 is 19.8 Å². The van der Waals surface area contributed by atoms with E-state index in [0.29, 0.717) is 24.5 Å². The summed E-state index contributed by atoms with van der Waals surface area (Å²) < 4.78 is 10.8. The molecule has 120 valence electrons. The number of nitrogens with two attached hydrogens (primary N) is 1. The molecule has 0 saturated carbocycles. The minimum Gasteiger partial charge on any atom is -0.492 e. The van der Waals surface area contributed by atoms with Gasteiger partial charge in [0.25, 0.3) is 5.91 Å². The second-order valence-corrected chi connectivity index (χ2v) is 4.90. The van der Waals surface area contributed by atoms with Crippen molar-refractivity contribution in [3.8, 4) is 5.75 Å². The van der Waals surface area contributed by atoms with Gasteiger partial charge in [-0.15, -0.1) is 12.4 Å². The number of hydrogen-bond acceptors (Lipinski definition) is 4. The zero-order valence-corrected chi connectivity index (χ0v) is 13.6. The number of nitrogens with zero attached hydrogens (tertiary/aromatic N) is 1. The molecule has 22 heavy (non-hydrogen) atoms. The van der Waals surface area contributed by atoms with Gasteiger partial charge in [0.2, 0.25) is 0 Å². The topological polar surface area (TPSA) is 68.7 Å². The SMILES string of the molecule is Cc1cccc(OCCN(C)C(=O)c2coc(CN)c2)c1.Cl. The molecule has 1 heterocycles. The number of amides is 1. The summed E-state index contributed by atoms with van der Waals surface area (Å²) >= 11 is 0. The fourth-order valence-electron chi connectivity index (χ4n) is 1.93. The average Bonchev–Trinajstić information content (AvgIpc) is 2.95. The molecule has 0 saturated heterocycles. The van der Waals surface area contributed by atoms with Crippen LogP contribution in [0.1, 0.15) is 21.7 Å². The summed E-state index contributed by atoms with van der Waals surface area (Å²) in [5, 5.41) is 0. The number of carbonyl (C=O) groups is 1. The van der Waals surface area contributed by atoms with Crippen LogP contribution < -0.4 is 10.5 Å². The molecular weight excluding hydrogens is 304 g/mol. The molecule has 2 aromatic rings. The molecule has 1 aromatic carbocycles. The number of aryl methyl sites for hydroxylation is 1. The van der Waals surface area contributed by atoms with Crippen LogP contribution in [0.4, 0.5) is 0 Å². The molecule has 2 rings (SSSR count). The van der Waals surface area contributed by atoms with Gasteiger partial charge >= 0.3 is 0 Å². The number of benzene rings is 1. The predicted molar refractivity (Wildman–Crippen MR) is 87.5 cm³/mol. The summed E-state index contributed by atoms with van der Waals surface area (Å²) in [6.07, 6.45) is 1.43. The Kier molecular flexibility index (Phi) is 6.95. The lowest BCUT2D eigenvalue weighted by Gasteiger charge is -2.16. The molecule has 1 aromatic heterocycles. The lowest BCUT2D eigenvalue weighted by molar-refractivity contribution is 0.0773. The van der Waals surface area contributed by atoms with Crippen LogP contribution in [0.5, 0.6) is 5.75 Å². The number of rotatable bonds is 6. The van der Waals surface area contributed by atoms with E-state index in [-0.39, 0.29) is 24.9 Å². The first-order valence-electron chi connectivity index (χ1n) is 6.82. The first-order valence-corrected chi connectivity index (χ1v) is 6.82. The molecule has 0 unspecified atom stereocenters. The highest BCUT2D eigenvalue weighted by Crippen LogP contribution is 2.13. The molecule has 0 aliphatic carbocycles. The van der Waals surface area contributed by atoms with Crippen molar-refractivity contribution in [2.45, 2.75) is 13.5 Å². The molecule has 0 spiro atoms. The molecular formula is C16H21ClN2O3. The van der Waals surface area contributed by atoms with Crippen molar-refractivity contribution in [2.24, 2.45) is 5.73 Å². The van der Waals surface area contributed by atoms with E-state index < -0.39 is 0 Å². The Morgan fingerprint density at radius 1 is 1.36 bits per heavy atom. The van der Waals surface area contributed by atoms with Crippen LogP contribution in [0.25, 0.3) is 0 Å². The summed E-state index contributed by atoms with van der Waals surface area (Å²) in [5.41, 5.74) is 7.11. The van der Waals surface area contributed by atoms with Gasteiger partial charge in [-0.05, 0) is 30.7 Å². The van der Waals surface area contributed by atoms with Crippen LogP contribution in [-0.4, -0.2) is 31.0 Å². The molecule has 2 N–H and O–H groups in total. The van der Waals surface area contributed by atoms with Crippen molar-refractivity contribution in [1.29, 1.82) is 0 Å². The second kappa shape index (κ2) is 8.46. The minimum atomic E-state index is -0.105. The maximum absolute atomic E-state index is 12.1. The maximum atomic E-state index is 12.1. The fourth-order valence-corrected chi connectivity index (χ4v) is 1.93. The van der Waals surface area contributed by atoms with Gasteiger partial charge in [0, 0.05) is 7.05 Å². The number of ether oxygens (including phenoxy) is 1. The lowest BCUT2D eigenvalue weighted by atomic mass is 10.2. The summed E-state index contributed by atoms with van der Waals surface area (Å²) in [6, 6.07) is 9.49. The third-order valence-electron chi connectivity index (χ3n) is 3.13. The third-order valence-corrected chi connectivity index (χ3v) is 3.13. The number of carbonyl (C=O) groups excluding carboxylic acids is 1. The van der Waals surface area contributed by atoms with Crippen LogP contribution >= 0.6 is 12.4 Å². The van der Waals surface area contributed by atoms with E-state index in [1.807, 2.05) is 31.2 Å². The number of hydrogen-bond donors (Lipinski definition) is 1. The van der Waals surface area contributed by atoms with E-state index >= 15 is 0 Å². The maximum Gasteiger partial charge on any atom is 0.256 e. The quantitative estimate of drug-likeness (QED) is 0.887. The van der Waals surface area contributed by atoms with Crippen LogP contribution in [0.15, 0.2) is 41.0 Å². The molecule has 0 bridgehead atoms. The van der Waals surface area contributed by atoms with Crippen molar-refractivity contribution < 1.29 is 13.9 Å². The second-order valence-electron chi connectivity index (χ2n) is 4.90. The Hall–Kier alpha value is -1.98. The summed E-state index contributed by atoms with van der Waals surface area (Å²) in [5.74, 6) is 1.30. The Morgan fingerprint density at radius 3 is 2.77 bits per heavy atom. The molecule has 6 heteroatoms. The number of halogens is 1. The van der Waals surface area contributed by atoms with Gasteiger partial charge in [0.05, 0.1) is 18.7 Å². The molecule has 0 aliphatic rings. The van der Waals surface area contributed by atoms with E-state index in [0.717, 1.165) is 11.3 Å². The van der Waals surface area contributed by atoms with Gasteiger partial charge in [-0.3, -0.25) is 4.79 Å². The molecule has 0 fully saturated rings. The van der Waals surface area contributed by atoms with E-state index in [2.05, 4.69) is 0 Å². The van der Waals surface area contributed by atoms with E-state index in [9.17, 15) is 4.79 Å². The van der Waals surface area contributed by atoms with Crippen LogP contribution in [0, 0.1) is 6.92 Å². The smallest absolute Gasteiger partial charge is 0.256 e. The standard InChI is InChI=1S/C16H20N2O3.ClH/c1-12-4-3-5-14(8-12)20-7-6-18(2)16(19)13-9-15(10-17)21-11-13;/h3-5,8-9,11H,6-7,10,17H2,1-2H3;1H. The zero-order chi connectivity index (χ0) is 15.2. The Balaban J connectivity index is 0.00000242. The first kappa shape index (κ1) is 18.1. The lowest BCUT2D eigenvalue weighted by Crippen LogP contribution is -2.30. The van der Waals surface area contributed by atoms with Crippen LogP contribution in [0.2, 0.25) is 0 Å². The highest BCUT2D eigenvalue weighted by atomic mass is 35.5. The molecule has 0 radical (unpaired) electrons.